The second-order valence-electron chi connectivity index (χ2n) is 4.43. The van der Waals surface area contributed by atoms with Crippen molar-refractivity contribution in [2.75, 3.05) is 18.9 Å². The molecule has 0 spiro atoms. The smallest absolute Gasteiger partial charge is 0.253 e. The molecule has 1 heterocycles. The lowest BCUT2D eigenvalue weighted by Crippen LogP contribution is -2.26. The Hall–Kier alpha value is -2.01. The Labute approximate surface area is 122 Å². The van der Waals surface area contributed by atoms with E-state index in [1.54, 1.807) is 29.9 Å². The Bertz CT molecular complexity index is 609. The molecule has 2 rings (SSSR count). The molecular weight excluding hydrogens is 276 g/mol. The molecule has 106 valence electrons. The standard InChI is InChI=1S/C14H17ClN4O/c1-16-13-4-3-10(15)9-12(13)14(20)17-7-5-11-6-8-19(2)18-11/h3-4,6,8-9,16H,5,7H2,1-2H3,(H,17,20). The van der Waals surface area contributed by atoms with Gasteiger partial charge < -0.3 is 10.6 Å². The highest BCUT2D eigenvalue weighted by Crippen LogP contribution is 2.20. The van der Waals surface area contributed by atoms with Crippen LogP contribution in [0.3, 0.4) is 0 Å². The van der Waals surface area contributed by atoms with Crippen molar-refractivity contribution in [1.29, 1.82) is 0 Å². The summed E-state index contributed by atoms with van der Waals surface area (Å²) in [5, 5.41) is 10.7. The lowest BCUT2D eigenvalue weighted by atomic mass is 10.1. The topological polar surface area (TPSA) is 59.0 Å². The number of hydrogen-bond acceptors (Lipinski definition) is 3. The number of anilines is 1. The lowest BCUT2D eigenvalue weighted by Gasteiger charge is -2.10. The van der Waals surface area contributed by atoms with Crippen molar-refractivity contribution in [1.82, 2.24) is 15.1 Å². The zero-order valence-electron chi connectivity index (χ0n) is 11.5. The van der Waals surface area contributed by atoms with E-state index in [-0.39, 0.29) is 5.91 Å². The molecule has 0 saturated heterocycles. The predicted molar refractivity (Wildman–Crippen MR) is 80.2 cm³/mol. The first-order chi connectivity index (χ1) is 9.60. The summed E-state index contributed by atoms with van der Waals surface area (Å²) in [7, 11) is 3.64. The molecule has 0 saturated carbocycles. The predicted octanol–water partition coefficient (Wildman–Crippen LogP) is 2.09. The van der Waals surface area contributed by atoms with Gasteiger partial charge in [0.25, 0.3) is 5.91 Å². The summed E-state index contributed by atoms with van der Waals surface area (Å²) >= 11 is 5.93. The van der Waals surface area contributed by atoms with Gasteiger partial charge in [-0.25, -0.2) is 0 Å². The highest BCUT2D eigenvalue weighted by atomic mass is 35.5. The van der Waals surface area contributed by atoms with Gasteiger partial charge >= 0.3 is 0 Å². The Kier molecular flexibility index (Phi) is 4.63. The molecule has 0 atom stereocenters. The summed E-state index contributed by atoms with van der Waals surface area (Å²) in [4.78, 5) is 12.1. The Morgan fingerprint density at radius 1 is 1.40 bits per heavy atom. The largest absolute Gasteiger partial charge is 0.387 e. The molecule has 0 unspecified atom stereocenters. The fourth-order valence-corrected chi connectivity index (χ4v) is 2.09. The van der Waals surface area contributed by atoms with E-state index in [2.05, 4.69) is 15.7 Å². The quantitative estimate of drug-likeness (QED) is 0.887. The highest BCUT2D eigenvalue weighted by molar-refractivity contribution is 6.31. The SMILES string of the molecule is CNc1ccc(Cl)cc1C(=O)NCCc1ccn(C)n1. The minimum atomic E-state index is -0.146. The number of carbonyl (C=O) groups excluding carboxylic acids is 1. The number of amides is 1. The van der Waals surface area contributed by atoms with E-state index in [4.69, 9.17) is 11.6 Å². The number of halogens is 1. The van der Waals surface area contributed by atoms with Crippen LogP contribution in [0.15, 0.2) is 30.5 Å². The van der Waals surface area contributed by atoms with Gasteiger partial charge in [0, 0.05) is 44.0 Å². The molecule has 1 aromatic heterocycles. The average molecular weight is 293 g/mol. The van der Waals surface area contributed by atoms with Crippen LogP contribution in [0.2, 0.25) is 5.02 Å². The third-order valence-electron chi connectivity index (χ3n) is 2.93. The zero-order valence-corrected chi connectivity index (χ0v) is 12.2. The van der Waals surface area contributed by atoms with Crippen LogP contribution in [0.25, 0.3) is 0 Å². The van der Waals surface area contributed by atoms with Crippen molar-refractivity contribution < 1.29 is 4.79 Å². The second-order valence-corrected chi connectivity index (χ2v) is 4.86. The van der Waals surface area contributed by atoms with Crippen LogP contribution in [0, 0.1) is 0 Å². The molecule has 2 aromatic rings. The molecule has 5 nitrogen and oxygen atoms in total. The summed E-state index contributed by atoms with van der Waals surface area (Å²) < 4.78 is 1.74. The third-order valence-corrected chi connectivity index (χ3v) is 3.17. The van der Waals surface area contributed by atoms with Gasteiger partial charge in [-0.05, 0) is 24.3 Å². The second kappa shape index (κ2) is 6.43. The number of aromatic nitrogens is 2. The molecule has 1 amide bonds. The summed E-state index contributed by atoms with van der Waals surface area (Å²) in [6, 6.07) is 7.13. The van der Waals surface area contributed by atoms with Gasteiger partial charge in [-0.3, -0.25) is 9.48 Å². The molecule has 6 heteroatoms. The van der Waals surface area contributed by atoms with E-state index >= 15 is 0 Å². The van der Waals surface area contributed by atoms with Gasteiger partial charge in [-0.15, -0.1) is 0 Å². The minimum absolute atomic E-state index is 0.146. The Morgan fingerprint density at radius 2 is 2.20 bits per heavy atom. The monoisotopic (exact) mass is 292 g/mol. The van der Waals surface area contributed by atoms with Crippen molar-refractivity contribution in [3.63, 3.8) is 0 Å². The normalized spacial score (nSPS) is 10.3. The van der Waals surface area contributed by atoms with Gasteiger partial charge in [-0.1, -0.05) is 11.6 Å². The number of carbonyl (C=O) groups is 1. The summed E-state index contributed by atoms with van der Waals surface area (Å²) in [6.07, 6.45) is 2.58. The first-order valence-electron chi connectivity index (χ1n) is 6.34. The maximum atomic E-state index is 12.1. The first-order valence-corrected chi connectivity index (χ1v) is 6.72. The molecule has 0 fully saturated rings. The number of benzene rings is 1. The van der Waals surface area contributed by atoms with Crippen LogP contribution in [-0.2, 0) is 13.5 Å². The van der Waals surface area contributed by atoms with Gasteiger partial charge in [0.15, 0.2) is 0 Å². The highest BCUT2D eigenvalue weighted by Gasteiger charge is 2.11. The fraction of sp³-hybridized carbons (Fsp3) is 0.286. The third kappa shape index (κ3) is 3.51. The molecule has 0 aliphatic rings. The first kappa shape index (κ1) is 14.4. The van der Waals surface area contributed by atoms with Crippen LogP contribution in [0.1, 0.15) is 16.1 Å². The fourth-order valence-electron chi connectivity index (χ4n) is 1.92. The zero-order chi connectivity index (χ0) is 14.5. The average Bonchev–Trinajstić information content (AvgIpc) is 2.84. The van der Waals surface area contributed by atoms with Crippen molar-refractivity contribution in [3.05, 3.63) is 46.7 Å². The Morgan fingerprint density at radius 3 is 2.85 bits per heavy atom. The van der Waals surface area contributed by atoms with Crippen molar-refractivity contribution in [3.8, 4) is 0 Å². The number of aryl methyl sites for hydroxylation is 1. The van der Waals surface area contributed by atoms with Gasteiger partial charge in [0.2, 0.25) is 0 Å². The van der Waals surface area contributed by atoms with E-state index < -0.39 is 0 Å². The summed E-state index contributed by atoms with van der Waals surface area (Å²) in [5.41, 5.74) is 2.25. The maximum Gasteiger partial charge on any atom is 0.253 e. The van der Waals surface area contributed by atoms with Gasteiger partial charge in [-0.2, -0.15) is 5.10 Å². The molecular formula is C14H17ClN4O. The molecule has 0 bridgehead atoms. The Balaban J connectivity index is 1.96. The number of rotatable bonds is 5. The van der Waals surface area contributed by atoms with Crippen molar-refractivity contribution >= 4 is 23.2 Å². The van der Waals surface area contributed by atoms with Crippen LogP contribution < -0.4 is 10.6 Å². The van der Waals surface area contributed by atoms with Crippen LogP contribution in [0.4, 0.5) is 5.69 Å². The van der Waals surface area contributed by atoms with Gasteiger partial charge in [0.1, 0.15) is 0 Å². The van der Waals surface area contributed by atoms with E-state index in [9.17, 15) is 4.79 Å². The van der Waals surface area contributed by atoms with E-state index in [1.165, 1.54) is 0 Å². The molecule has 0 radical (unpaired) electrons. The lowest BCUT2D eigenvalue weighted by molar-refractivity contribution is 0.0955. The van der Waals surface area contributed by atoms with Crippen LogP contribution >= 0.6 is 11.6 Å². The molecule has 0 aliphatic heterocycles. The van der Waals surface area contributed by atoms with Gasteiger partial charge in [0.05, 0.1) is 11.3 Å². The van der Waals surface area contributed by atoms with E-state index in [1.807, 2.05) is 19.3 Å². The van der Waals surface area contributed by atoms with Crippen LogP contribution in [0.5, 0.6) is 0 Å². The van der Waals surface area contributed by atoms with Crippen molar-refractivity contribution in [2.45, 2.75) is 6.42 Å². The van der Waals surface area contributed by atoms with E-state index in [0.717, 1.165) is 11.4 Å². The summed E-state index contributed by atoms with van der Waals surface area (Å²) in [6.45, 7) is 0.533. The van der Waals surface area contributed by atoms with Crippen LogP contribution in [-0.4, -0.2) is 29.3 Å². The number of hydrogen-bond donors (Lipinski definition) is 2. The number of nitrogens with one attached hydrogen (secondary N) is 2. The summed E-state index contributed by atoms with van der Waals surface area (Å²) in [5.74, 6) is -0.146. The van der Waals surface area contributed by atoms with E-state index in [0.29, 0.717) is 23.6 Å². The molecule has 1 aromatic carbocycles. The number of nitrogens with zero attached hydrogens (tertiary/aromatic N) is 2. The molecule has 0 aliphatic carbocycles. The molecule has 2 N–H and O–H groups in total. The maximum absolute atomic E-state index is 12.1. The minimum Gasteiger partial charge on any atom is -0.387 e. The van der Waals surface area contributed by atoms with Crippen molar-refractivity contribution in [2.24, 2.45) is 7.05 Å². The molecule has 20 heavy (non-hydrogen) atoms.